The van der Waals surface area contributed by atoms with Gasteiger partial charge in [0.1, 0.15) is 10.9 Å². The van der Waals surface area contributed by atoms with E-state index in [-0.39, 0.29) is 18.1 Å². The lowest BCUT2D eigenvalue weighted by molar-refractivity contribution is -0.145. The molecule has 0 unspecified atom stereocenters. The van der Waals surface area contributed by atoms with Gasteiger partial charge < -0.3 is 9.64 Å². The molecule has 1 amide bonds. The molecule has 2 rings (SSSR count). The number of nitrogens with zero attached hydrogens (tertiary/aromatic N) is 1. The van der Waals surface area contributed by atoms with Crippen molar-refractivity contribution < 1.29 is 19.1 Å². The third-order valence-electron chi connectivity index (χ3n) is 3.47. The molecule has 0 aliphatic carbocycles. The summed E-state index contributed by atoms with van der Waals surface area (Å²) in [6.07, 6.45) is -0.137. The number of ketones is 1. The first-order valence-corrected chi connectivity index (χ1v) is 6.68. The number of ether oxygens (including phenoxy) is 1. The Balaban J connectivity index is 2.61. The fourth-order valence-electron chi connectivity index (χ4n) is 2.16. The Labute approximate surface area is 115 Å². The molecular formula is C13H15NO4S. The molecule has 1 aliphatic rings. The molecule has 0 saturated heterocycles. The Kier molecular flexibility index (Phi) is 3.45. The predicted octanol–water partition coefficient (Wildman–Crippen LogP) is 1.70. The molecule has 1 aliphatic heterocycles. The highest BCUT2D eigenvalue weighted by Crippen LogP contribution is 2.39. The number of amides is 1. The minimum atomic E-state index is -1.03. The second kappa shape index (κ2) is 4.77. The number of esters is 1. The van der Waals surface area contributed by atoms with Crippen molar-refractivity contribution in [3.63, 3.8) is 0 Å². The summed E-state index contributed by atoms with van der Waals surface area (Å²) >= 11 is 1.40. The lowest BCUT2D eigenvalue weighted by atomic mass is 9.94. The number of thiophene rings is 1. The van der Waals surface area contributed by atoms with Crippen molar-refractivity contribution >= 4 is 34.0 Å². The van der Waals surface area contributed by atoms with Crippen LogP contribution in [0.3, 0.4) is 0 Å². The van der Waals surface area contributed by atoms with Crippen molar-refractivity contribution in [2.45, 2.75) is 20.3 Å². The summed E-state index contributed by atoms with van der Waals surface area (Å²) in [7, 11) is 2.85. The van der Waals surface area contributed by atoms with Gasteiger partial charge in [-0.15, -0.1) is 11.3 Å². The van der Waals surface area contributed by atoms with Gasteiger partial charge >= 0.3 is 5.97 Å². The third-order valence-corrected chi connectivity index (χ3v) is 4.76. The standard InChI is InChI=1S/C13H15NO4S/c1-6-7(2)19-12-10(6)11(16)8(13(17)18-4)5-9(15)14(12)3/h8H,5H2,1-4H3/t8-/m0/s1. The Bertz CT molecular complexity index is 575. The fraction of sp³-hybridized carbons (Fsp3) is 0.462. The number of methoxy groups -OCH3 is 1. The molecule has 1 atom stereocenters. The summed E-state index contributed by atoms with van der Waals surface area (Å²) in [6.45, 7) is 3.73. The normalized spacial score (nSPS) is 19.2. The van der Waals surface area contributed by atoms with Crippen molar-refractivity contribution in [3.05, 3.63) is 16.0 Å². The van der Waals surface area contributed by atoms with E-state index in [1.165, 1.54) is 23.3 Å². The first-order chi connectivity index (χ1) is 8.88. The second-order valence-electron chi connectivity index (χ2n) is 4.56. The van der Waals surface area contributed by atoms with Crippen LogP contribution >= 0.6 is 11.3 Å². The third kappa shape index (κ3) is 2.06. The van der Waals surface area contributed by atoms with Gasteiger partial charge in [0, 0.05) is 18.3 Å². The molecule has 19 heavy (non-hydrogen) atoms. The van der Waals surface area contributed by atoms with E-state index in [4.69, 9.17) is 0 Å². The molecule has 102 valence electrons. The molecular weight excluding hydrogens is 266 g/mol. The van der Waals surface area contributed by atoms with Gasteiger partial charge in [-0.1, -0.05) is 0 Å². The first kappa shape index (κ1) is 13.7. The van der Waals surface area contributed by atoms with Crippen LogP contribution in [0.4, 0.5) is 5.00 Å². The van der Waals surface area contributed by atoms with Crippen molar-refractivity contribution in [1.29, 1.82) is 0 Å². The monoisotopic (exact) mass is 281 g/mol. The second-order valence-corrected chi connectivity index (χ2v) is 5.76. The van der Waals surface area contributed by atoms with Gasteiger partial charge in [0.15, 0.2) is 5.78 Å². The molecule has 0 aromatic carbocycles. The molecule has 0 saturated carbocycles. The molecule has 6 heteroatoms. The van der Waals surface area contributed by atoms with Crippen LogP contribution in [0.1, 0.15) is 27.2 Å². The summed E-state index contributed by atoms with van der Waals surface area (Å²) in [5, 5.41) is 0.622. The average molecular weight is 281 g/mol. The summed E-state index contributed by atoms with van der Waals surface area (Å²) < 4.78 is 4.63. The number of anilines is 1. The van der Waals surface area contributed by atoms with Crippen molar-refractivity contribution in [3.8, 4) is 0 Å². The zero-order valence-corrected chi connectivity index (χ0v) is 12.1. The topological polar surface area (TPSA) is 63.7 Å². The molecule has 1 aromatic rings. The van der Waals surface area contributed by atoms with Gasteiger partial charge in [-0.2, -0.15) is 0 Å². The molecule has 0 radical (unpaired) electrons. The summed E-state index contributed by atoms with van der Waals surface area (Å²) in [5.74, 6) is -2.25. The number of hydrogen-bond acceptors (Lipinski definition) is 5. The number of carbonyl (C=O) groups is 3. The van der Waals surface area contributed by atoms with E-state index in [1.54, 1.807) is 7.05 Å². The van der Waals surface area contributed by atoms with E-state index >= 15 is 0 Å². The van der Waals surface area contributed by atoms with Crippen molar-refractivity contribution in [1.82, 2.24) is 0 Å². The van der Waals surface area contributed by atoms with Crippen LogP contribution in [-0.4, -0.2) is 31.8 Å². The number of carbonyl (C=O) groups excluding carboxylic acids is 3. The van der Waals surface area contributed by atoms with Crippen LogP contribution in [0.2, 0.25) is 0 Å². The molecule has 0 spiro atoms. The van der Waals surface area contributed by atoms with E-state index in [0.717, 1.165) is 10.4 Å². The fourth-order valence-corrected chi connectivity index (χ4v) is 3.30. The van der Waals surface area contributed by atoms with Gasteiger partial charge in [-0.3, -0.25) is 14.4 Å². The van der Waals surface area contributed by atoms with Gasteiger partial charge in [0.25, 0.3) is 0 Å². The maximum Gasteiger partial charge on any atom is 0.317 e. The maximum absolute atomic E-state index is 12.5. The number of hydrogen-bond donors (Lipinski definition) is 0. The molecule has 1 aromatic heterocycles. The molecule has 0 fully saturated rings. The number of fused-ring (bicyclic) bond motifs is 1. The van der Waals surface area contributed by atoms with E-state index in [2.05, 4.69) is 4.74 Å². The smallest absolute Gasteiger partial charge is 0.317 e. The minimum absolute atomic E-state index is 0.137. The van der Waals surface area contributed by atoms with Crippen LogP contribution in [0.25, 0.3) is 0 Å². The van der Waals surface area contributed by atoms with Gasteiger partial charge in [-0.25, -0.2) is 0 Å². The first-order valence-electron chi connectivity index (χ1n) is 5.87. The maximum atomic E-state index is 12.5. The van der Waals surface area contributed by atoms with Crippen LogP contribution in [0.15, 0.2) is 0 Å². The highest BCUT2D eigenvalue weighted by molar-refractivity contribution is 7.17. The number of rotatable bonds is 1. The highest BCUT2D eigenvalue weighted by atomic mass is 32.1. The SMILES string of the molecule is COC(=O)[C@H]1CC(=O)N(C)c2sc(C)c(C)c2C1=O. The lowest BCUT2D eigenvalue weighted by Gasteiger charge is -2.13. The van der Waals surface area contributed by atoms with Crippen molar-refractivity contribution in [2.75, 3.05) is 19.1 Å². The number of Topliss-reactive ketones (excluding diaryl/α,β-unsaturated/α-hetero) is 1. The van der Waals surface area contributed by atoms with Crippen molar-refractivity contribution in [2.24, 2.45) is 5.92 Å². The van der Waals surface area contributed by atoms with E-state index in [0.29, 0.717) is 10.6 Å². The van der Waals surface area contributed by atoms with E-state index < -0.39 is 11.9 Å². The summed E-state index contributed by atoms with van der Waals surface area (Å²) in [6, 6.07) is 0. The quantitative estimate of drug-likeness (QED) is 0.580. The highest BCUT2D eigenvalue weighted by Gasteiger charge is 2.39. The van der Waals surface area contributed by atoms with E-state index in [9.17, 15) is 14.4 Å². The Morgan fingerprint density at radius 3 is 2.58 bits per heavy atom. The van der Waals surface area contributed by atoms with Gasteiger partial charge in [0.05, 0.1) is 12.7 Å². The van der Waals surface area contributed by atoms with Crippen LogP contribution in [0, 0.1) is 19.8 Å². The molecule has 5 nitrogen and oxygen atoms in total. The Hall–Kier alpha value is -1.69. The lowest BCUT2D eigenvalue weighted by Crippen LogP contribution is -2.30. The number of aryl methyl sites for hydroxylation is 1. The molecule has 2 heterocycles. The summed E-state index contributed by atoms with van der Waals surface area (Å²) in [5.41, 5.74) is 1.31. The van der Waals surface area contributed by atoms with Crippen LogP contribution < -0.4 is 4.90 Å². The van der Waals surface area contributed by atoms with Crippen LogP contribution in [-0.2, 0) is 14.3 Å². The Morgan fingerprint density at radius 2 is 2.00 bits per heavy atom. The van der Waals surface area contributed by atoms with Gasteiger partial charge in [0.2, 0.25) is 5.91 Å². The molecule has 0 bridgehead atoms. The predicted molar refractivity (Wildman–Crippen MR) is 71.7 cm³/mol. The Morgan fingerprint density at radius 1 is 1.37 bits per heavy atom. The minimum Gasteiger partial charge on any atom is -0.468 e. The van der Waals surface area contributed by atoms with E-state index in [1.807, 2.05) is 13.8 Å². The zero-order chi connectivity index (χ0) is 14.3. The van der Waals surface area contributed by atoms with Gasteiger partial charge in [-0.05, 0) is 19.4 Å². The largest absolute Gasteiger partial charge is 0.468 e. The zero-order valence-electron chi connectivity index (χ0n) is 11.3. The molecule has 0 N–H and O–H groups in total. The van der Waals surface area contributed by atoms with Crippen LogP contribution in [0.5, 0.6) is 0 Å². The summed E-state index contributed by atoms with van der Waals surface area (Å²) in [4.78, 5) is 38.7. The average Bonchev–Trinajstić information content (AvgIpc) is 2.64.